The maximum absolute atomic E-state index is 9.17. The van der Waals surface area contributed by atoms with Gasteiger partial charge in [-0.15, -0.1) is 0 Å². The van der Waals surface area contributed by atoms with Crippen molar-refractivity contribution in [1.29, 1.82) is 5.26 Å². The van der Waals surface area contributed by atoms with Gasteiger partial charge in [-0.25, -0.2) is 0 Å². The average Bonchev–Trinajstić information content (AvgIpc) is 2.93. The van der Waals surface area contributed by atoms with E-state index in [-0.39, 0.29) is 0 Å². The molecule has 0 amide bonds. The molecule has 0 aliphatic rings. The van der Waals surface area contributed by atoms with Crippen LogP contribution in [-0.4, -0.2) is 4.98 Å². The van der Waals surface area contributed by atoms with E-state index >= 15 is 0 Å². The lowest BCUT2D eigenvalue weighted by Crippen LogP contribution is -1.80. The molecule has 0 saturated heterocycles. The SMILES string of the molecule is N#Cc1cccc2c1oc1cc(-c3ccccn3)ccc12. The lowest BCUT2D eigenvalue weighted by molar-refractivity contribution is 0.668. The Labute approximate surface area is 121 Å². The van der Waals surface area contributed by atoms with Crippen LogP contribution < -0.4 is 0 Å². The summed E-state index contributed by atoms with van der Waals surface area (Å²) in [7, 11) is 0. The number of nitriles is 1. The highest BCUT2D eigenvalue weighted by atomic mass is 16.3. The molecule has 0 fully saturated rings. The first-order valence-corrected chi connectivity index (χ1v) is 6.63. The molecule has 2 aromatic heterocycles. The van der Waals surface area contributed by atoms with Crippen LogP contribution >= 0.6 is 0 Å². The number of benzene rings is 2. The van der Waals surface area contributed by atoms with Crippen LogP contribution in [-0.2, 0) is 0 Å². The van der Waals surface area contributed by atoms with Gasteiger partial charge in [0.1, 0.15) is 11.7 Å². The van der Waals surface area contributed by atoms with E-state index in [0.717, 1.165) is 27.6 Å². The van der Waals surface area contributed by atoms with Gasteiger partial charge in [-0.05, 0) is 30.3 Å². The maximum Gasteiger partial charge on any atom is 0.153 e. The van der Waals surface area contributed by atoms with Gasteiger partial charge in [0.05, 0.1) is 11.3 Å². The predicted molar refractivity (Wildman–Crippen MR) is 81.7 cm³/mol. The molecule has 0 aliphatic carbocycles. The fourth-order valence-electron chi connectivity index (χ4n) is 2.58. The monoisotopic (exact) mass is 270 g/mol. The predicted octanol–water partition coefficient (Wildman–Crippen LogP) is 4.52. The van der Waals surface area contributed by atoms with Crippen LogP contribution in [0.2, 0.25) is 0 Å². The zero-order valence-electron chi connectivity index (χ0n) is 11.1. The van der Waals surface area contributed by atoms with Crippen molar-refractivity contribution in [3.63, 3.8) is 0 Å². The van der Waals surface area contributed by atoms with E-state index in [0.29, 0.717) is 11.1 Å². The quantitative estimate of drug-likeness (QED) is 0.511. The van der Waals surface area contributed by atoms with E-state index in [2.05, 4.69) is 11.1 Å². The van der Waals surface area contributed by atoms with Crippen molar-refractivity contribution >= 4 is 21.9 Å². The van der Waals surface area contributed by atoms with Gasteiger partial charge >= 0.3 is 0 Å². The van der Waals surface area contributed by atoms with Crippen molar-refractivity contribution < 1.29 is 4.42 Å². The van der Waals surface area contributed by atoms with Crippen molar-refractivity contribution in [2.75, 3.05) is 0 Å². The van der Waals surface area contributed by atoms with E-state index in [1.54, 1.807) is 12.3 Å². The summed E-state index contributed by atoms with van der Waals surface area (Å²) in [6.45, 7) is 0. The van der Waals surface area contributed by atoms with E-state index < -0.39 is 0 Å². The molecule has 21 heavy (non-hydrogen) atoms. The fourth-order valence-corrected chi connectivity index (χ4v) is 2.58. The molecule has 4 rings (SSSR count). The Balaban J connectivity index is 2.01. The highest BCUT2D eigenvalue weighted by molar-refractivity contribution is 6.07. The number of furan rings is 1. The van der Waals surface area contributed by atoms with Crippen LogP contribution in [0.5, 0.6) is 0 Å². The summed E-state index contributed by atoms with van der Waals surface area (Å²) in [6, 6.07) is 19.6. The summed E-state index contributed by atoms with van der Waals surface area (Å²) in [5.41, 5.74) is 3.88. The van der Waals surface area contributed by atoms with Gasteiger partial charge in [-0.1, -0.05) is 24.3 Å². The molecule has 3 heteroatoms. The smallest absolute Gasteiger partial charge is 0.153 e. The van der Waals surface area contributed by atoms with Gasteiger partial charge in [0, 0.05) is 22.5 Å². The Hall–Kier alpha value is -3.12. The number of rotatable bonds is 1. The Kier molecular flexibility index (Phi) is 2.48. The Bertz CT molecular complexity index is 994. The second-order valence-corrected chi connectivity index (χ2v) is 4.82. The molecule has 98 valence electrons. The standard InChI is InChI=1S/C18H10N2O/c19-11-13-4-3-5-15-14-8-7-12(10-17(14)21-18(13)15)16-6-1-2-9-20-16/h1-10H. The van der Waals surface area contributed by atoms with Gasteiger partial charge in [0.25, 0.3) is 0 Å². The molecule has 0 saturated carbocycles. The summed E-state index contributed by atoms with van der Waals surface area (Å²) in [4.78, 5) is 4.35. The molecule has 2 heterocycles. The molecule has 0 unspecified atom stereocenters. The summed E-state index contributed by atoms with van der Waals surface area (Å²) in [5.74, 6) is 0. The number of fused-ring (bicyclic) bond motifs is 3. The fraction of sp³-hybridized carbons (Fsp3) is 0. The summed E-state index contributed by atoms with van der Waals surface area (Å²) in [6.07, 6.45) is 1.77. The van der Waals surface area contributed by atoms with Crippen LogP contribution in [0.4, 0.5) is 0 Å². The van der Waals surface area contributed by atoms with Gasteiger partial charge < -0.3 is 4.42 Å². The summed E-state index contributed by atoms with van der Waals surface area (Å²) >= 11 is 0. The second-order valence-electron chi connectivity index (χ2n) is 4.82. The molecule has 2 aromatic carbocycles. The highest BCUT2D eigenvalue weighted by Gasteiger charge is 2.11. The molecule has 4 aromatic rings. The van der Waals surface area contributed by atoms with Crippen LogP contribution in [0.15, 0.2) is 65.2 Å². The zero-order chi connectivity index (χ0) is 14.2. The normalized spacial score (nSPS) is 10.8. The lowest BCUT2D eigenvalue weighted by Gasteiger charge is -1.99. The number of aromatic nitrogens is 1. The van der Waals surface area contributed by atoms with Crippen molar-refractivity contribution in [3.05, 3.63) is 66.4 Å². The molecular weight excluding hydrogens is 260 g/mol. The van der Waals surface area contributed by atoms with Crippen molar-refractivity contribution in [1.82, 2.24) is 4.98 Å². The summed E-state index contributed by atoms with van der Waals surface area (Å²) in [5, 5.41) is 11.2. The number of para-hydroxylation sites is 1. The lowest BCUT2D eigenvalue weighted by atomic mass is 10.1. The Morgan fingerprint density at radius 1 is 0.952 bits per heavy atom. The second kappa shape index (κ2) is 4.46. The molecule has 0 atom stereocenters. The van der Waals surface area contributed by atoms with E-state index in [1.807, 2.05) is 48.5 Å². The first kappa shape index (κ1) is 11.7. The molecule has 0 aliphatic heterocycles. The third-order valence-electron chi connectivity index (χ3n) is 3.58. The number of nitrogens with zero attached hydrogens (tertiary/aromatic N) is 2. The van der Waals surface area contributed by atoms with Crippen LogP contribution in [0, 0.1) is 11.3 Å². The first-order valence-electron chi connectivity index (χ1n) is 6.63. The molecular formula is C18H10N2O. The van der Waals surface area contributed by atoms with Gasteiger partial charge in [0.15, 0.2) is 5.58 Å². The highest BCUT2D eigenvalue weighted by Crippen LogP contribution is 2.33. The van der Waals surface area contributed by atoms with Crippen LogP contribution in [0.3, 0.4) is 0 Å². The number of hydrogen-bond acceptors (Lipinski definition) is 3. The first-order chi connectivity index (χ1) is 10.4. The summed E-state index contributed by atoms with van der Waals surface area (Å²) < 4.78 is 5.89. The van der Waals surface area contributed by atoms with Gasteiger partial charge in [-0.3, -0.25) is 4.98 Å². The molecule has 0 spiro atoms. The van der Waals surface area contributed by atoms with Gasteiger partial charge in [-0.2, -0.15) is 5.26 Å². The maximum atomic E-state index is 9.17. The number of pyridine rings is 1. The van der Waals surface area contributed by atoms with E-state index in [1.165, 1.54) is 0 Å². The minimum Gasteiger partial charge on any atom is -0.455 e. The largest absolute Gasteiger partial charge is 0.455 e. The van der Waals surface area contributed by atoms with Gasteiger partial charge in [0.2, 0.25) is 0 Å². The third-order valence-corrected chi connectivity index (χ3v) is 3.58. The van der Waals surface area contributed by atoms with E-state index in [9.17, 15) is 5.26 Å². The van der Waals surface area contributed by atoms with E-state index in [4.69, 9.17) is 4.42 Å². The molecule has 0 radical (unpaired) electrons. The van der Waals surface area contributed by atoms with Crippen molar-refractivity contribution in [2.45, 2.75) is 0 Å². The van der Waals surface area contributed by atoms with Crippen LogP contribution in [0.1, 0.15) is 5.56 Å². The third kappa shape index (κ3) is 1.78. The molecule has 3 nitrogen and oxygen atoms in total. The average molecular weight is 270 g/mol. The van der Waals surface area contributed by atoms with Crippen molar-refractivity contribution in [3.8, 4) is 17.3 Å². The Morgan fingerprint density at radius 2 is 1.90 bits per heavy atom. The minimum absolute atomic E-state index is 0.558. The van der Waals surface area contributed by atoms with Crippen molar-refractivity contribution in [2.24, 2.45) is 0 Å². The molecule has 0 bridgehead atoms. The zero-order valence-corrected chi connectivity index (χ0v) is 11.1. The van der Waals surface area contributed by atoms with Crippen LogP contribution in [0.25, 0.3) is 33.2 Å². The molecule has 0 N–H and O–H groups in total. The topological polar surface area (TPSA) is 49.8 Å². The minimum atomic E-state index is 0.558. The Morgan fingerprint density at radius 3 is 2.71 bits per heavy atom. The number of hydrogen-bond donors (Lipinski definition) is 0.